The fourth-order valence-corrected chi connectivity index (χ4v) is 2.31. The predicted octanol–water partition coefficient (Wildman–Crippen LogP) is 2.16. The van der Waals surface area contributed by atoms with Crippen molar-refractivity contribution in [3.05, 3.63) is 29.8 Å². The monoisotopic (exact) mass is 317 g/mol. The van der Waals surface area contributed by atoms with Crippen molar-refractivity contribution in [2.24, 2.45) is 0 Å². The lowest BCUT2D eigenvalue weighted by molar-refractivity contribution is -0.149. The summed E-state index contributed by atoms with van der Waals surface area (Å²) in [4.78, 5) is 24.1. The first-order chi connectivity index (χ1) is 10.3. The summed E-state index contributed by atoms with van der Waals surface area (Å²) in [6, 6.07) is 3.29. The molecule has 1 saturated heterocycles. The molecule has 0 bridgehead atoms. The number of aliphatic carboxylic acids is 1. The van der Waals surface area contributed by atoms with Crippen LogP contribution in [0.3, 0.4) is 0 Å². The van der Waals surface area contributed by atoms with Crippen LogP contribution in [0.15, 0.2) is 24.3 Å². The molecule has 2 rings (SSSR count). The van der Waals surface area contributed by atoms with E-state index in [4.69, 9.17) is 9.84 Å². The van der Waals surface area contributed by atoms with Crippen LogP contribution >= 0.6 is 0 Å². The van der Waals surface area contributed by atoms with E-state index in [0.717, 1.165) is 12.1 Å². The van der Waals surface area contributed by atoms with E-state index in [2.05, 4.69) is 0 Å². The van der Waals surface area contributed by atoms with Crippen LogP contribution in [0.2, 0.25) is 0 Å². The van der Waals surface area contributed by atoms with Crippen molar-refractivity contribution in [2.75, 3.05) is 13.2 Å². The summed E-state index contributed by atoms with van der Waals surface area (Å²) < 4.78 is 42.7. The zero-order valence-electron chi connectivity index (χ0n) is 11.5. The van der Waals surface area contributed by atoms with Crippen LogP contribution < -0.4 is 4.74 Å². The van der Waals surface area contributed by atoms with E-state index in [9.17, 15) is 22.8 Å². The van der Waals surface area contributed by atoms with Gasteiger partial charge in [0.25, 0.3) is 5.91 Å². The lowest BCUT2D eigenvalue weighted by Gasteiger charge is -2.21. The first-order valence-corrected chi connectivity index (χ1v) is 6.61. The van der Waals surface area contributed by atoms with Crippen LogP contribution in [-0.2, 0) is 15.8 Å². The third kappa shape index (κ3) is 3.69. The fraction of sp³-hybridized carbons (Fsp3) is 0.429. The van der Waals surface area contributed by atoms with Crippen molar-refractivity contribution >= 4 is 11.9 Å². The number of amides is 1. The highest BCUT2D eigenvalue weighted by atomic mass is 19.4. The number of carbonyl (C=O) groups excluding carboxylic acids is 1. The number of carboxylic acids is 1. The second-order valence-electron chi connectivity index (χ2n) is 4.90. The Bertz CT molecular complexity index is 573. The summed E-state index contributed by atoms with van der Waals surface area (Å²) in [6.45, 7) is -0.188. The fourth-order valence-electron chi connectivity index (χ4n) is 2.31. The van der Waals surface area contributed by atoms with Crippen molar-refractivity contribution in [3.63, 3.8) is 0 Å². The topological polar surface area (TPSA) is 66.8 Å². The second-order valence-corrected chi connectivity index (χ2v) is 4.90. The maximum atomic E-state index is 12.6. The number of nitrogens with zero attached hydrogens (tertiary/aromatic N) is 1. The van der Waals surface area contributed by atoms with Crippen LogP contribution in [0.4, 0.5) is 13.2 Å². The maximum Gasteiger partial charge on any atom is 0.416 e. The molecule has 0 aromatic heterocycles. The molecule has 1 heterocycles. The number of rotatable bonds is 4. The van der Waals surface area contributed by atoms with Gasteiger partial charge in [-0.05, 0) is 31.0 Å². The number of alkyl halides is 3. The van der Waals surface area contributed by atoms with Gasteiger partial charge in [0, 0.05) is 6.54 Å². The van der Waals surface area contributed by atoms with Gasteiger partial charge in [-0.3, -0.25) is 4.79 Å². The summed E-state index contributed by atoms with van der Waals surface area (Å²) >= 11 is 0. The lowest BCUT2D eigenvalue weighted by Crippen LogP contribution is -2.42. The van der Waals surface area contributed by atoms with Gasteiger partial charge >= 0.3 is 12.1 Å². The Morgan fingerprint density at radius 2 is 2.09 bits per heavy atom. The van der Waals surface area contributed by atoms with Crippen molar-refractivity contribution < 1.29 is 32.6 Å². The molecule has 1 atom stereocenters. The van der Waals surface area contributed by atoms with Gasteiger partial charge in [0.1, 0.15) is 11.8 Å². The molecule has 8 heteroatoms. The highest BCUT2D eigenvalue weighted by Crippen LogP contribution is 2.31. The normalized spacial score (nSPS) is 18.3. The zero-order chi connectivity index (χ0) is 16.3. The number of carbonyl (C=O) groups is 2. The molecular weight excluding hydrogens is 303 g/mol. The van der Waals surface area contributed by atoms with Gasteiger partial charge in [0.05, 0.1) is 5.56 Å². The molecule has 1 aromatic carbocycles. The van der Waals surface area contributed by atoms with Crippen LogP contribution in [0.1, 0.15) is 18.4 Å². The van der Waals surface area contributed by atoms with E-state index in [0.29, 0.717) is 19.4 Å². The molecule has 120 valence electrons. The van der Waals surface area contributed by atoms with Gasteiger partial charge in [-0.2, -0.15) is 13.2 Å². The minimum absolute atomic E-state index is 0.0887. The molecule has 0 saturated carbocycles. The number of ether oxygens (including phenoxy) is 1. The van der Waals surface area contributed by atoms with E-state index in [1.807, 2.05) is 0 Å². The molecular formula is C14H14F3NO4. The van der Waals surface area contributed by atoms with Crippen LogP contribution in [0.25, 0.3) is 0 Å². The summed E-state index contributed by atoms with van der Waals surface area (Å²) in [5, 5.41) is 8.98. The van der Waals surface area contributed by atoms with Crippen molar-refractivity contribution in [3.8, 4) is 5.75 Å². The zero-order valence-corrected chi connectivity index (χ0v) is 11.5. The Morgan fingerprint density at radius 1 is 1.36 bits per heavy atom. The Morgan fingerprint density at radius 3 is 2.73 bits per heavy atom. The Kier molecular flexibility index (Phi) is 4.58. The molecule has 5 nitrogen and oxygen atoms in total. The molecule has 1 N–H and O–H groups in total. The van der Waals surface area contributed by atoms with Crippen molar-refractivity contribution in [1.82, 2.24) is 4.90 Å². The van der Waals surface area contributed by atoms with Crippen molar-refractivity contribution in [1.29, 1.82) is 0 Å². The smallest absolute Gasteiger partial charge is 0.416 e. The molecule has 1 amide bonds. The molecule has 0 spiro atoms. The number of hydrogen-bond acceptors (Lipinski definition) is 3. The molecule has 0 aliphatic carbocycles. The van der Waals surface area contributed by atoms with Gasteiger partial charge in [0.2, 0.25) is 0 Å². The van der Waals surface area contributed by atoms with E-state index in [-0.39, 0.29) is 5.75 Å². The number of benzene rings is 1. The van der Waals surface area contributed by atoms with Gasteiger partial charge in [-0.25, -0.2) is 4.79 Å². The first-order valence-electron chi connectivity index (χ1n) is 6.61. The highest BCUT2D eigenvalue weighted by Gasteiger charge is 2.34. The van der Waals surface area contributed by atoms with Crippen LogP contribution in [0.5, 0.6) is 5.75 Å². The standard InChI is InChI=1S/C14H14F3NO4/c15-14(16,17)9-3-1-4-10(7-9)22-8-12(19)18-6-2-5-11(18)13(20)21/h1,3-4,7,11H,2,5-6,8H2,(H,20,21). The van der Waals surface area contributed by atoms with Gasteiger partial charge in [0.15, 0.2) is 6.61 Å². The summed E-state index contributed by atoms with van der Waals surface area (Å²) in [5.74, 6) is -1.73. The molecule has 1 fully saturated rings. The lowest BCUT2D eigenvalue weighted by atomic mass is 10.2. The average Bonchev–Trinajstić information content (AvgIpc) is 2.94. The summed E-state index contributed by atoms with van der Waals surface area (Å²) in [7, 11) is 0. The number of likely N-dealkylation sites (tertiary alicyclic amines) is 1. The molecule has 1 unspecified atom stereocenters. The number of carboxylic acid groups (broad SMARTS) is 1. The van der Waals surface area contributed by atoms with Crippen LogP contribution in [-0.4, -0.2) is 41.1 Å². The Labute approximate surface area is 124 Å². The van der Waals surface area contributed by atoms with Gasteiger partial charge in [-0.1, -0.05) is 6.07 Å². The Hall–Kier alpha value is -2.25. The Balaban J connectivity index is 1.98. The predicted molar refractivity (Wildman–Crippen MR) is 69.3 cm³/mol. The molecule has 1 aliphatic rings. The molecule has 1 aromatic rings. The molecule has 22 heavy (non-hydrogen) atoms. The van der Waals surface area contributed by atoms with Crippen LogP contribution in [0, 0.1) is 0 Å². The average molecular weight is 317 g/mol. The third-order valence-corrected chi connectivity index (χ3v) is 3.38. The molecule has 0 radical (unpaired) electrons. The number of halogens is 3. The van der Waals surface area contributed by atoms with Gasteiger partial charge in [-0.15, -0.1) is 0 Å². The first kappa shape index (κ1) is 16.1. The minimum Gasteiger partial charge on any atom is -0.484 e. The summed E-state index contributed by atoms with van der Waals surface area (Å²) in [5.41, 5.74) is -0.873. The SMILES string of the molecule is O=C(O)C1CCCN1C(=O)COc1cccc(C(F)(F)F)c1. The number of hydrogen-bond donors (Lipinski definition) is 1. The quantitative estimate of drug-likeness (QED) is 0.924. The van der Waals surface area contributed by atoms with E-state index in [1.165, 1.54) is 17.0 Å². The second kappa shape index (κ2) is 6.25. The van der Waals surface area contributed by atoms with E-state index in [1.54, 1.807) is 0 Å². The van der Waals surface area contributed by atoms with Crippen molar-refractivity contribution in [2.45, 2.75) is 25.1 Å². The summed E-state index contributed by atoms with van der Waals surface area (Å²) in [6.07, 6.45) is -3.55. The highest BCUT2D eigenvalue weighted by molar-refractivity contribution is 5.85. The molecule has 1 aliphatic heterocycles. The largest absolute Gasteiger partial charge is 0.484 e. The maximum absolute atomic E-state index is 12.6. The van der Waals surface area contributed by atoms with Gasteiger partial charge < -0.3 is 14.7 Å². The van der Waals surface area contributed by atoms with E-state index < -0.39 is 36.3 Å². The minimum atomic E-state index is -4.49. The third-order valence-electron chi connectivity index (χ3n) is 3.38. The van der Waals surface area contributed by atoms with E-state index >= 15 is 0 Å².